The molecule has 1 aromatic carbocycles. The van der Waals surface area contributed by atoms with Gasteiger partial charge in [-0.05, 0) is 11.6 Å². The number of carboxylic acid groups (broad SMARTS) is 1. The van der Waals surface area contributed by atoms with E-state index in [1.54, 1.807) is 0 Å². The van der Waals surface area contributed by atoms with E-state index in [9.17, 15) is 19.5 Å². The van der Waals surface area contributed by atoms with Crippen LogP contribution in [0.3, 0.4) is 0 Å². The topological polar surface area (TPSA) is 86.7 Å². The number of nitrogens with one attached hydrogen (secondary N) is 1. The SMILES string of the molecule is CC(=O)NC1(c2ccccc2)C=C(C(=O)O)N2C(=O)C[C@H]2S1. The Morgan fingerprint density at radius 2 is 2.05 bits per heavy atom. The van der Waals surface area contributed by atoms with Gasteiger partial charge < -0.3 is 10.4 Å². The molecular weight excluding hydrogens is 304 g/mol. The first-order chi connectivity index (χ1) is 10.4. The molecule has 22 heavy (non-hydrogen) atoms. The van der Waals surface area contributed by atoms with Crippen molar-refractivity contribution in [3.63, 3.8) is 0 Å². The van der Waals surface area contributed by atoms with Crippen LogP contribution in [0.1, 0.15) is 18.9 Å². The zero-order chi connectivity index (χ0) is 15.9. The van der Waals surface area contributed by atoms with Crippen molar-refractivity contribution in [2.75, 3.05) is 0 Å². The van der Waals surface area contributed by atoms with Crippen LogP contribution in [0.25, 0.3) is 0 Å². The summed E-state index contributed by atoms with van der Waals surface area (Å²) in [5, 5.41) is 12.0. The van der Waals surface area contributed by atoms with Crippen LogP contribution in [0.4, 0.5) is 0 Å². The minimum absolute atomic E-state index is 0.0856. The number of hydrogen-bond acceptors (Lipinski definition) is 4. The molecule has 3 rings (SSSR count). The lowest BCUT2D eigenvalue weighted by atomic mass is 10.0. The summed E-state index contributed by atoms with van der Waals surface area (Å²) >= 11 is 1.37. The number of β-lactam (4-membered cyclic amide) rings is 1. The van der Waals surface area contributed by atoms with E-state index in [4.69, 9.17) is 0 Å². The van der Waals surface area contributed by atoms with Gasteiger partial charge >= 0.3 is 5.97 Å². The summed E-state index contributed by atoms with van der Waals surface area (Å²) in [4.78, 5) is 35.1. The fourth-order valence-corrected chi connectivity index (χ4v) is 4.33. The number of thioether (sulfide) groups is 1. The van der Waals surface area contributed by atoms with Gasteiger partial charge in [0.1, 0.15) is 10.6 Å². The normalized spacial score (nSPS) is 26.6. The zero-order valence-electron chi connectivity index (χ0n) is 11.8. The van der Waals surface area contributed by atoms with E-state index in [1.165, 1.54) is 29.7 Å². The van der Waals surface area contributed by atoms with Gasteiger partial charge in [-0.25, -0.2) is 4.79 Å². The van der Waals surface area contributed by atoms with Gasteiger partial charge in [0.25, 0.3) is 0 Å². The Morgan fingerprint density at radius 3 is 2.59 bits per heavy atom. The van der Waals surface area contributed by atoms with Gasteiger partial charge in [-0.15, -0.1) is 0 Å². The number of carbonyl (C=O) groups is 3. The van der Waals surface area contributed by atoms with Crippen molar-refractivity contribution in [3.8, 4) is 0 Å². The number of amides is 2. The third kappa shape index (κ3) is 2.27. The molecule has 1 aromatic rings. The molecule has 2 heterocycles. The van der Waals surface area contributed by atoms with Gasteiger partial charge in [-0.3, -0.25) is 14.5 Å². The van der Waals surface area contributed by atoms with Crippen molar-refractivity contribution in [1.29, 1.82) is 0 Å². The van der Waals surface area contributed by atoms with E-state index >= 15 is 0 Å². The third-order valence-corrected chi connectivity index (χ3v) is 5.09. The second-order valence-corrected chi connectivity index (χ2v) is 6.58. The van der Waals surface area contributed by atoms with Gasteiger partial charge in [0.05, 0.1) is 11.8 Å². The Kier molecular flexibility index (Phi) is 3.44. The number of hydrogen-bond donors (Lipinski definition) is 2. The van der Waals surface area contributed by atoms with Crippen molar-refractivity contribution >= 4 is 29.5 Å². The Morgan fingerprint density at radius 1 is 1.36 bits per heavy atom. The molecule has 2 amide bonds. The third-order valence-electron chi connectivity index (χ3n) is 3.61. The molecule has 0 spiro atoms. The van der Waals surface area contributed by atoms with Crippen molar-refractivity contribution in [2.45, 2.75) is 23.6 Å². The number of nitrogens with zero attached hydrogens (tertiary/aromatic N) is 1. The number of fused-ring (bicyclic) bond motifs is 1. The van der Waals surface area contributed by atoms with Crippen molar-refractivity contribution < 1.29 is 19.5 Å². The molecule has 1 saturated heterocycles. The summed E-state index contributed by atoms with van der Waals surface area (Å²) in [7, 11) is 0. The largest absolute Gasteiger partial charge is 0.477 e. The first-order valence-electron chi connectivity index (χ1n) is 6.73. The number of aliphatic carboxylic acids is 1. The number of carboxylic acids is 1. The van der Waals surface area contributed by atoms with E-state index < -0.39 is 10.8 Å². The lowest BCUT2D eigenvalue weighted by molar-refractivity contribution is -0.146. The van der Waals surface area contributed by atoms with Crippen molar-refractivity contribution in [3.05, 3.63) is 47.7 Å². The van der Waals surface area contributed by atoms with Crippen molar-refractivity contribution in [1.82, 2.24) is 10.2 Å². The number of rotatable bonds is 3. The molecule has 6 nitrogen and oxygen atoms in total. The Bertz CT molecular complexity index is 688. The van der Waals surface area contributed by atoms with Gasteiger partial charge in [0, 0.05) is 6.92 Å². The quantitative estimate of drug-likeness (QED) is 0.819. The molecule has 0 saturated carbocycles. The highest BCUT2D eigenvalue weighted by atomic mass is 32.2. The molecule has 1 unspecified atom stereocenters. The maximum Gasteiger partial charge on any atom is 0.352 e. The van der Waals surface area contributed by atoms with Crippen LogP contribution in [0, 0.1) is 0 Å². The molecular formula is C15H14N2O4S. The monoisotopic (exact) mass is 318 g/mol. The smallest absolute Gasteiger partial charge is 0.352 e. The zero-order valence-corrected chi connectivity index (χ0v) is 12.6. The Labute approximate surface area is 131 Å². The first-order valence-corrected chi connectivity index (χ1v) is 7.61. The standard InChI is InChI=1S/C15H14N2O4S/c1-9(18)16-15(10-5-3-2-4-6-10)8-11(14(20)21)17-12(19)7-13(17)22-15/h2-6,8,13H,7H2,1H3,(H,16,18)(H,20,21)/t13-,15?/m1/s1. The summed E-state index contributed by atoms with van der Waals surface area (Å²) in [6, 6.07) is 9.15. The fraction of sp³-hybridized carbons (Fsp3) is 0.267. The van der Waals surface area contributed by atoms with Crippen LogP contribution in [0.15, 0.2) is 42.1 Å². The van der Waals surface area contributed by atoms with E-state index in [2.05, 4.69) is 5.32 Å². The number of benzene rings is 1. The lowest BCUT2D eigenvalue weighted by Gasteiger charge is -2.49. The molecule has 0 radical (unpaired) electrons. The molecule has 0 aliphatic carbocycles. The van der Waals surface area contributed by atoms with Gasteiger partial charge in [0.2, 0.25) is 11.8 Å². The molecule has 0 bridgehead atoms. The van der Waals surface area contributed by atoms with Gasteiger partial charge in [0.15, 0.2) is 0 Å². The highest BCUT2D eigenvalue weighted by Gasteiger charge is 2.51. The minimum atomic E-state index is -1.18. The highest BCUT2D eigenvalue weighted by molar-refractivity contribution is 8.01. The molecule has 1 fully saturated rings. The summed E-state index contributed by atoms with van der Waals surface area (Å²) in [5.41, 5.74) is 0.686. The van der Waals surface area contributed by atoms with Crippen LogP contribution in [-0.4, -0.2) is 33.2 Å². The predicted octanol–water partition coefficient (Wildman–Crippen LogP) is 1.25. The molecule has 2 atom stereocenters. The molecule has 2 aliphatic rings. The summed E-state index contributed by atoms with van der Waals surface area (Å²) in [5.74, 6) is -1.66. The van der Waals surface area contributed by atoms with Crippen LogP contribution in [0.2, 0.25) is 0 Å². The van der Waals surface area contributed by atoms with E-state index in [0.29, 0.717) is 0 Å². The lowest BCUT2D eigenvalue weighted by Crippen LogP contribution is -2.58. The highest BCUT2D eigenvalue weighted by Crippen LogP contribution is 2.49. The molecule has 0 aromatic heterocycles. The minimum Gasteiger partial charge on any atom is -0.477 e. The molecule has 114 valence electrons. The van der Waals surface area contributed by atoms with Gasteiger partial charge in [-0.2, -0.15) is 0 Å². The van der Waals surface area contributed by atoms with E-state index in [-0.39, 0.29) is 29.3 Å². The number of carbonyl (C=O) groups excluding carboxylic acids is 2. The average Bonchev–Trinajstić information content (AvgIpc) is 2.45. The predicted molar refractivity (Wildman–Crippen MR) is 80.5 cm³/mol. The van der Waals surface area contributed by atoms with Crippen LogP contribution in [0.5, 0.6) is 0 Å². The Hall–Kier alpha value is -2.28. The molecule has 2 aliphatic heterocycles. The van der Waals surface area contributed by atoms with Crippen LogP contribution in [-0.2, 0) is 19.3 Å². The van der Waals surface area contributed by atoms with Crippen LogP contribution >= 0.6 is 11.8 Å². The summed E-state index contributed by atoms with van der Waals surface area (Å²) in [6.45, 7) is 1.39. The molecule has 7 heteroatoms. The average molecular weight is 318 g/mol. The summed E-state index contributed by atoms with van der Waals surface area (Å²) < 4.78 is 0. The Balaban J connectivity index is 2.13. The second kappa shape index (κ2) is 5.17. The fourth-order valence-electron chi connectivity index (χ4n) is 2.68. The van der Waals surface area contributed by atoms with Gasteiger partial charge in [-0.1, -0.05) is 42.1 Å². The van der Waals surface area contributed by atoms with E-state index in [0.717, 1.165) is 5.56 Å². The van der Waals surface area contributed by atoms with E-state index in [1.807, 2.05) is 30.3 Å². The maximum absolute atomic E-state index is 11.7. The van der Waals surface area contributed by atoms with Crippen molar-refractivity contribution in [2.24, 2.45) is 0 Å². The molecule has 2 N–H and O–H groups in total. The summed E-state index contributed by atoms with van der Waals surface area (Å²) in [6.07, 6.45) is 1.72. The second-order valence-electron chi connectivity index (χ2n) is 5.16. The first kappa shape index (κ1) is 14.6. The van der Waals surface area contributed by atoms with Crippen LogP contribution < -0.4 is 5.32 Å². The maximum atomic E-state index is 11.7.